The highest BCUT2D eigenvalue weighted by Gasteiger charge is 2.09. The Bertz CT molecular complexity index is 471. The summed E-state index contributed by atoms with van der Waals surface area (Å²) in [6, 6.07) is 5.47. The number of para-hydroxylation sites is 1. The predicted octanol–water partition coefficient (Wildman–Crippen LogP) is 3.71. The Morgan fingerprint density at radius 2 is 2.14 bits per heavy atom. The van der Waals surface area contributed by atoms with Gasteiger partial charge in [0.15, 0.2) is 11.5 Å². The standard InChI is InChI=1S/C16H22O4S/c1-3-19-14-8-5-7-13(9-10-15(17)18)16(14)20-11-6-12-21-4-2/h5,7-10H,3-4,6,11-12H2,1-2H3,(H,17,18)/b10-9+. The van der Waals surface area contributed by atoms with Gasteiger partial charge in [0, 0.05) is 11.6 Å². The zero-order chi connectivity index (χ0) is 15.5. The molecular formula is C16H22O4S. The van der Waals surface area contributed by atoms with Crippen molar-refractivity contribution >= 4 is 23.8 Å². The van der Waals surface area contributed by atoms with Crippen LogP contribution < -0.4 is 9.47 Å². The molecule has 0 saturated heterocycles. The maximum atomic E-state index is 10.7. The van der Waals surface area contributed by atoms with Crippen molar-refractivity contribution in [2.24, 2.45) is 0 Å². The molecule has 4 nitrogen and oxygen atoms in total. The first-order chi connectivity index (χ1) is 10.2. The van der Waals surface area contributed by atoms with Crippen molar-refractivity contribution in [1.29, 1.82) is 0 Å². The van der Waals surface area contributed by atoms with E-state index in [1.54, 1.807) is 0 Å². The Kier molecular flexibility index (Phi) is 8.43. The minimum absolute atomic E-state index is 0.536. The van der Waals surface area contributed by atoms with E-state index in [2.05, 4.69) is 6.92 Å². The number of aliphatic carboxylic acids is 1. The van der Waals surface area contributed by atoms with Crippen LogP contribution in [0.2, 0.25) is 0 Å². The number of carboxylic acids is 1. The van der Waals surface area contributed by atoms with E-state index in [0.29, 0.717) is 30.3 Å². The summed E-state index contributed by atoms with van der Waals surface area (Å²) in [5.74, 6) is 2.42. The van der Waals surface area contributed by atoms with Crippen LogP contribution in [0.15, 0.2) is 24.3 Å². The normalized spacial score (nSPS) is 10.8. The second kappa shape index (κ2) is 10.2. The van der Waals surface area contributed by atoms with Gasteiger partial charge in [-0.05, 0) is 37.0 Å². The third-order valence-corrected chi connectivity index (χ3v) is 3.58. The average Bonchev–Trinajstić information content (AvgIpc) is 2.46. The van der Waals surface area contributed by atoms with Crippen LogP contribution in [0.4, 0.5) is 0 Å². The van der Waals surface area contributed by atoms with Gasteiger partial charge in [0.25, 0.3) is 0 Å². The Balaban J connectivity index is 2.81. The fourth-order valence-electron chi connectivity index (χ4n) is 1.73. The molecule has 0 unspecified atom stereocenters. The molecule has 0 aliphatic heterocycles. The van der Waals surface area contributed by atoms with Crippen LogP contribution in [-0.2, 0) is 4.79 Å². The predicted molar refractivity (Wildman–Crippen MR) is 87.4 cm³/mol. The van der Waals surface area contributed by atoms with Crippen LogP contribution in [-0.4, -0.2) is 35.8 Å². The number of thioether (sulfide) groups is 1. The van der Waals surface area contributed by atoms with Crippen LogP contribution in [0.3, 0.4) is 0 Å². The highest BCUT2D eigenvalue weighted by Crippen LogP contribution is 2.32. The van der Waals surface area contributed by atoms with Crippen molar-refractivity contribution in [1.82, 2.24) is 0 Å². The maximum absolute atomic E-state index is 10.7. The van der Waals surface area contributed by atoms with E-state index in [0.717, 1.165) is 24.0 Å². The van der Waals surface area contributed by atoms with Gasteiger partial charge in [-0.25, -0.2) is 4.79 Å². The van der Waals surface area contributed by atoms with Gasteiger partial charge in [-0.3, -0.25) is 0 Å². The Morgan fingerprint density at radius 1 is 1.33 bits per heavy atom. The second-order valence-electron chi connectivity index (χ2n) is 4.18. The molecule has 5 heteroatoms. The largest absolute Gasteiger partial charge is 0.490 e. The molecule has 0 spiro atoms. The summed E-state index contributed by atoms with van der Waals surface area (Å²) in [4.78, 5) is 10.7. The highest BCUT2D eigenvalue weighted by molar-refractivity contribution is 7.99. The number of rotatable bonds is 10. The molecule has 0 saturated carbocycles. The molecule has 0 amide bonds. The second-order valence-corrected chi connectivity index (χ2v) is 5.57. The summed E-state index contributed by atoms with van der Waals surface area (Å²) in [7, 11) is 0. The van der Waals surface area contributed by atoms with E-state index < -0.39 is 5.97 Å². The summed E-state index contributed by atoms with van der Waals surface area (Å²) >= 11 is 1.87. The van der Waals surface area contributed by atoms with Crippen molar-refractivity contribution in [2.45, 2.75) is 20.3 Å². The molecule has 0 aliphatic carbocycles. The van der Waals surface area contributed by atoms with Gasteiger partial charge < -0.3 is 14.6 Å². The molecule has 116 valence electrons. The van der Waals surface area contributed by atoms with Gasteiger partial charge in [0.2, 0.25) is 0 Å². The molecule has 0 atom stereocenters. The monoisotopic (exact) mass is 310 g/mol. The molecule has 0 radical (unpaired) electrons. The van der Waals surface area contributed by atoms with Crippen LogP contribution in [0, 0.1) is 0 Å². The number of hydrogen-bond donors (Lipinski definition) is 1. The first-order valence-electron chi connectivity index (χ1n) is 7.06. The lowest BCUT2D eigenvalue weighted by Crippen LogP contribution is -2.03. The fourth-order valence-corrected chi connectivity index (χ4v) is 2.34. The van der Waals surface area contributed by atoms with Crippen molar-refractivity contribution < 1.29 is 19.4 Å². The molecule has 0 heterocycles. The summed E-state index contributed by atoms with van der Waals surface area (Å²) in [5, 5.41) is 8.75. The third-order valence-electron chi connectivity index (χ3n) is 2.60. The summed E-state index contributed by atoms with van der Waals surface area (Å²) in [6.07, 6.45) is 3.58. The lowest BCUT2D eigenvalue weighted by Gasteiger charge is -2.14. The third kappa shape index (κ3) is 6.58. The summed E-state index contributed by atoms with van der Waals surface area (Å²) in [6.45, 7) is 5.16. The van der Waals surface area contributed by atoms with Crippen molar-refractivity contribution in [3.05, 3.63) is 29.8 Å². The highest BCUT2D eigenvalue weighted by atomic mass is 32.2. The van der Waals surface area contributed by atoms with Gasteiger partial charge in [-0.2, -0.15) is 11.8 Å². The van der Waals surface area contributed by atoms with Gasteiger partial charge in [-0.1, -0.05) is 19.1 Å². The van der Waals surface area contributed by atoms with Crippen LogP contribution >= 0.6 is 11.8 Å². The molecule has 0 aliphatic rings. The molecule has 1 aromatic carbocycles. The molecular weight excluding hydrogens is 288 g/mol. The molecule has 1 aromatic rings. The van der Waals surface area contributed by atoms with E-state index in [9.17, 15) is 4.79 Å². The van der Waals surface area contributed by atoms with E-state index in [1.165, 1.54) is 6.08 Å². The number of hydrogen-bond acceptors (Lipinski definition) is 4. The first-order valence-corrected chi connectivity index (χ1v) is 8.21. The zero-order valence-corrected chi connectivity index (χ0v) is 13.3. The molecule has 1 rings (SSSR count). The lowest BCUT2D eigenvalue weighted by atomic mass is 10.1. The molecule has 1 N–H and O–H groups in total. The van der Waals surface area contributed by atoms with E-state index in [1.807, 2.05) is 36.9 Å². The fraction of sp³-hybridized carbons (Fsp3) is 0.438. The number of ether oxygens (including phenoxy) is 2. The number of carboxylic acid groups (broad SMARTS) is 1. The van der Waals surface area contributed by atoms with Crippen molar-refractivity contribution in [3.8, 4) is 11.5 Å². The Hall–Kier alpha value is -1.62. The van der Waals surface area contributed by atoms with E-state index in [4.69, 9.17) is 14.6 Å². The SMILES string of the molecule is CCOc1cccc(/C=C/C(=O)O)c1OCCCSCC. The minimum atomic E-state index is -0.984. The Morgan fingerprint density at radius 3 is 2.81 bits per heavy atom. The van der Waals surface area contributed by atoms with Crippen LogP contribution in [0.5, 0.6) is 11.5 Å². The molecule has 0 fully saturated rings. The average molecular weight is 310 g/mol. The van der Waals surface area contributed by atoms with E-state index in [-0.39, 0.29) is 0 Å². The molecule has 0 aromatic heterocycles. The van der Waals surface area contributed by atoms with Gasteiger partial charge in [0.1, 0.15) is 0 Å². The van der Waals surface area contributed by atoms with Gasteiger partial charge >= 0.3 is 5.97 Å². The Labute approximate surface area is 130 Å². The summed E-state index contributed by atoms with van der Waals surface area (Å²) in [5.41, 5.74) is 0.714. The minimum Gasteiger partial charge on any atom is -0.490 e. The lowest BCUT2D eigenvalue weighted by molar-refractivity contribution is -0.131. The van der Waals surface area contributed by atoms with Crippen LogP contribution in [0.1, 0.15) is 25.8 Å². The maximum Gasteiger partial charge on any atom is 0.328 e. The number of benzene rings is 1. The van der Waals surface area contributed by atoms with Crippen molar-refractivity contribution in [2.75, 3.05) is 24.7 Å². The summed E-state index contributed by atoms with van der Waals surface area (Å²) < 4.78 is 11.4. The smallest absolute Gasteiger partial charge is 0.328 e. The molecule has 0 bridgehead atoms. The van der Waals surface area contributed by atoms with Gasteiger partial charge in [0.05, 0.1) is 13.2 Å². The molecule has 21 heavy (non-hydrogen) atoms. The topological polar surface area (TPSA) is 55.8 Å². The zero-order valence-electron chi connectivity index (χ0n) is 12.5. The van der Waals surface area contributed by atoms with Gasteiger partial charge in [-0.15, -0.1) is 0 Å². The first kappa shape index (κ1) is 17.4. The van der Waals surface area contributed by atoms with E-state index >= 15 is 0 Å². The number of carbonyl (C=O) groups is 1. The van der Waals surface area contributed by atoms with Crippen LogP contribution in [0.25, 0.3) is 6.08 Å². The quantitative estimate of drug-likeness (QED) is 0.527. The van der Waals surface area contributed by atoms with Crippen molar-refractivity contribution in [3.63, 3.8) is 0 Å².